The fourth-order valence-electron chi connectivity index (χ4n) is 1.30. The SMILES string of the molecule is COc1ccc(NC(=O)NC(=O)COCC(=O)O)cc1Br. The molecule has 0 saturated heterocycles. The average molecular weight is 361 g/mol. The molecular weight excluding hydrogens is 348 g/mol. The Balaban J connectivity index is 2.44. The van der Waals surface area contributed by atoms with Gasteiger partial charge in [-0.25, -0.2) is 9.59 Å². The standard InChI is InChI=1S/C12H13BrN2O6/c1-20-9-3-2-7(4-8(9)13)14-12(19)15-10(16)5-21-6-11(17)18/h2-4H,5-6H2,1H3,(H,17,18)(H2,14,15,16,19). The van der Waals surface area contributed by atoms with E-state index in [0.29, 0.717) is 15.9 Å². The van der Waals surface area contributed by atoms with E-state index < -0.39 is 31.1 Å². The molecule has 0 unspecified atom stereocenters. The highest BCUT2D eigenvalue weighted by Gasteiger charge is 2.10. The van der Waals surface area contributed by atoms with Crippen LogP contribution in [0.1, 0.15) is 0 Å². The van der Waals surface area contributed by atoms with Gasteiger partial charge in [0.05, 0.1) is 11.6 Å². The Morgan fingerprint density at radius 2 is 2.00 bits per heavy atom. The summed E-state index contributed by atoms with van der Waals surface area (Å²) in [6, 6.07) is 4.08. The first-order chi connectivity index (χ1) is 9.92. The predicted molar refractivity (Wildman–Crippen MR) is 76.3 cm³/mol. The van der Waals surface area contributed by atoms with E-state index in [-0.39, 0.29) is 0 Å². The van der Waals surface area contributed by atoms with Gasteiger partial charge in [-0.3, -0.25) is 10.1 Å². The highest BCUT2D eigenvalue weighted by atomic mass is 79.9. The van der Waals surface area contributed by atoms with Crippen LogP contribution < -0.4 is 15.4 Å². The highest BCUT2D eigenvalue weighted by Crippen LogP contribution is 2.27. The average Bonchev–Trinajstić information content (AvgIpc) is 2.38. The predicted octanol–water partition coefficient (Wildman–Crippen LogP) is 1.21. The fourth-order valence-corrected chi connectivity index (χ4v) is 1.84. The van der Waals surface area contributed by atoms with E-state index >= 15 is 0 Å². The number of carbonyl (C=O) groups excluding carboxylic acids is 2. The second-order valence-corrected chi connectivity index (χ2v) is 4.59. The van der Waals surface area contributed by atoms with Gasteiger partial charge in [-0.05, 0) is 34.1 Å². The number of amides is 3. The van der Waals surface area contributed by atoms with Crippen molar-refractivity contribution in [2.75, 3.05) is 25.6 Å². The Kier molecular flexibility index (Phi) is 6.63. The number of benzene rings is 1. The van der Waals surface area contributed by atoms with Crippen LogP contribution in [0, 0.1) is 0 Å². The first-order valence-corrected chi connectivity index (χ1v) is 6.45. The molecule has 0 aromatic heterocycles. The molecule has 0 aliphatic rings. The van der Waals surface area contributed by atoms with Crippen molar-refractivity contribution in [1.82, 2.24) is 5.32 Å². The molecule has 1 aromatic carbocycles. The van der Waals surface area contributed by atoms with Gasteiger partial charge in [0, 0.05) is 5.69 Å². The fraction of sp³-hybridized carbons (Fsp3) is 0.250. The second-order valence-electron chi connectivity index (χ2n) is 3.74. The number of nitrogens with one attached hydrogen (secondary N) is 2. The molecule has 1 aromatic rings. The first-order valence-electron chi connectivity index (χ1n) is 5.66. The summed E-state index contributed by atoms with van der Waals surface area (Å²) in [7, 11) is 1.51. The third-order valence-corrected chi connectivity index (χ3v) is 2.74. The third-order valence-electron chi connectivity index (χ3n) is 2.12. The number of hydrogen-bond acceptors (Lipinski definition) is 5. The Morgan fingerprint density at radius 3 is 2.57 bits per heavy atom. The second kappa shape index (κ2) is 8.22. The molecule has 0 aliphatic carbocycles. The molecule has 0 saturated carbocycles. The van der Waals surface area contributed by atoms with Crippen LogP contribution in [0.15, 0.2) is 22.7 Å². The lowest BCUT2D eigenvalue weighted by Gasteiger charge is -2.09. The van der Waals surface area contributed by atoms with Crippen LogP contribution in [0.5, 0.6) is 5.75 Å². The summed E-state index contributed by atoms with van der Waals surface area (Å²) < 4.78 is 10.2. The molecule has 1 rings (SSSR count). The van der Waals surface area contributed by atoms with Gasteiger partial charge in [0.25, 0.3) is 5.91 Å². The number of rotatable bonds is 6. The number of carboxylic acids is 1. The zero-order valence-electron chi connectivity index (χ0n) is 11.0. The number of methoxy groups -OCH3 is 1. The maximum absolute atomic E-state index is 11.5. The Morgan fingerprint density at radius 1 is 1.29 bits per heavy atom. The summed E-state index contributed by atoms with van der Waals surface area (Å²) in [4.78, 5) is 33.0. The molecule has 3 amide bonds. The number of halogens is 1. The lowest BCUT2D eigenvalue weighted by atomic mass is 10.3. The van der Waals surface area contributed by atoms with E-state index in [1.165, 1.54) is 7.11 Å². The molecule has 0 fully saturated rings. The topological polar surface area (TPSA) is 114 Å². The van der Waals surface area contributed by atoms with Crippen LogP contribution in [0.2, 0.25) is 0 Å². The summed E-state index contributed by atoms with van der Waals surface area (Å²) in [5.74, 6) is -1.35. The Labute approximate surface area is 128 Å². The summed E-state index contributed by atoms with van der Waals surface area (Å²) in [5, 5.41) is 12.8. The Hall–Kier alpha value is -2.13. The molecule has 114 valence electrons. The zero-order valence-corrected chi connectivity index (χ0v) is 12.6. The van der Waals surface area contributed by atoms with E-state index in [1.807, 2.05) is 5.32 Å². The lowest BCUT2D eigenvalue weighted by molar-refractivity contribution is -0.143. The minimum absolute atomic E-state index is 0.444. The van der Waals surface area contributed by atoms with Crippen LogP contribution in [0.25, 0.3) is 0 Å². The lowest BCUT2D eigenvalue weighted by Crippen LogP contribution is -2.37. The monoisotopic (exact) mass is 360 g/mol. The molecule has 3 N–H and O–H groups in total. The summed E-state index contributed by atoms with van der Waals surface area (Å²) in [6.45, 7) is -1.13. The van der Waals surface area contributed by atoms with E-state index in [4.69, 9.17) is 9.84 Å². The molecule has 0 bridgehead atoms. The number of hydrogen-bond donors (Lipinski definition) is 3. The molecule has 9 heteroatoms. The van der Waals surface area contributed by atoms with E-state index in [9.17, 15) is 14.4 Å². The molecular formula is C12H13BrN2O6. The van der Waals surface area contributed by atoms with Gasteiger partial charge in [0.15, 0.2) is 0 Å². The minimum Gasteiger partial charge on any atom is -0.496 e. The van der Waals surface area contributed by atoms with E-state index in [2.05, 4.69) is 26.0 Å². The van der Waals surface area contributed by atoms with Crippen LogP contribution in [-0.4, -0.2) is 43.3 Å². The van der Waals surface area contributed by atoms with Gasteiger partial charge in [-0.15, -0.1) is 0 Å². The molecule has 0 heterocycles. The molecule has 8 nitrogen and oxygen atoms in total. The van der Waals surface area contributed by atoms with Crippen molar-refractivity contribution >= 4 is 39.5 Å². The summed E-state index contributed by atoms with van der Waals surface area (Å²) in [5.41, 5.74) is 0.444. The van der Waals surface area contributed by atoms with Gasteiger partial charge >= 0.3 is 12.0 Å². The number of aliphatic carboxylic acids is 1. The molecule has 0 spiro atoms. The first kappa shape index (κ1) is 16.9. The van der Waals surface area contributed by atoms with Crippen molar-refractivity contribution in [1.29, 1.82) is 0 Å². The highest BCUT2D eigenvalue weighted by molar-refractivity contribution is 9.10. The third kappa shape index (κ3) is 6.23. The van der Waals surface area contributed by atoms with Crippen LogP contribution in [0.4, 0.5) is 10.5 Å². The van der Waals surface area contributed by atoms with Crippen LogP contribution in [0.3, 0.4) is 0 Å². The molecule has 21 heavy (non-hydrogen) atoms. The van der Waals surface area contributed by atoms with Gasteiger partial charge in [0.1, 0.15) is 19.0 Å². The van der Waals surface area contributed by atoms with E-state index in [0.717, 1.165) is 0 Å². The number of urea groups is 1. The summed E-state index contributed by atoms with van der Waals surface area (Å²) in [6.07, 6.45) is 0. The minimum atomic E-state index is -1.20. The number of ether oxygens (including phenoxy) is 2. The van der Waals surface area contributed by atoms with Crippen molar-refractivity contribution in [3.8, 4) is 5.75 Å². The zero-order chi connectivity index (χ0) is 15.8. The number of carbonyl (C=O) groups is 3. The number of carboxylic acid groups (broad SMARTS) is 1. The quantitative estimate of drug-likeness (QED) is 0.702. The maximum atomic E-state index is 11.5. The molecule has 0 atom stereocenters. The smallest absolute Gasteiger partial charge is 0.329 e. The largest absolute Gasteiger partial charge is 0.496 e. The molecule has 0 radical (unpaired) electrons. The molecule has 0 aliphatic heterocycles. The van der Waals surface area contributed by atoms with Crippen molar-refractivity contribution in [2.45, 2.75) is 0 Å². The number of anilines is 1. The van der Waals surface area contributed by atoms with Gasteiger partial charge < -0.3 is 19.9 Å². The van der Waals surface area contributed by atoms with Gasteiger partial charge in [-0.1, -0.05) is 0 Å². The van der Waals surface area contributed by atoms with Crippen LogP contribution in [-0.2, 0) is 14.3 Å². The summed E-state index contributed by atoms with van der Waals surface area (Å²) >= 11 is 3.26. The van der Waals surface area contributed by atoms with Crippen molar-refractivity contribution < 1.29 is 29.0 Å². The Bertz CT molecular complexity index is 549. The van der Waals surface area contributed by atoms with Gasteiger partial charge in [0.2, 0.25) is 0 Å². The van der Waals surface area contributed by atoms with Crippen molar-refractivity contribution in [3.63, 3.8) is 0 Å². The van der Waals surface area contributed by atoms with E-state index in [1.54, 1.807) is 18.2 Å². The van der Waals surface area contributed by atoms with Gasteiger partial charge in [-0.2, -0.15) is 0 Å². The maximum Gasteiger partial charge on any atom is 0.329 e. The van der Waals surface area contributed by atoms with Crippen molar-refractivity contribution in [2.24, 2.45) is 0 Å². The number of imide groups is 1. The normalized spacial score (nSPS) is 9.81. The van der Waals surface area contributed by atoms with Crippen LogP contribution >= 0.6 is 15.9 Å². The van der Waals surface area contributed by atoms with Crippen molar-refractivity contribution in [3.05, 3.63) is 22.7 Å².